The Bertz CT molecular complexity index is 584. The van der Waals surface area contributed by atoms with Crippen LogP contribution in [-0.2, 0) is 17.6 Å². The SMILES string of the molecule is NC(=NCCCOCCc1ccccc1)NCCc1ccccc1. The van der Waals surface area contributed by atoms with Gasteiger partial charge in [-0.05, 0) is 30.4 Å². The van der Waals surface area contributed by atoms with Gasteiger partial charge in [0.05, 0.1) is 6.61 Å². The molecule has 0 aromatic heterocycles. The molecule has 0 fully saturated rings. The summed E-state index contributed by atoms with van der Waals surface area (Å²) in [5, 5.41) is 3.14. The van der Waals surface area contributed by atoms with Gasteiger partial charge in [0, 0.05) is 19.7 Å². The van der Waals surface area contributed by atoms with E-state index in [1.165, 1.54) is 11.1 Å². The Morgan fingerprint density at radius 3 is 2.17 bits per heavy atom. The minimum Gasteiger partial charge on any atom is -0.381 e. The normalized spacial score (nSPS) is 11.4. The fourth-order valence-electron chi connectivity index (χ4n) is 2.34. The van der Waals surface area contributed by atoms with Crippen molar-refractivity contribution in [3.8, 4) is 0 Å². The molecule has 0 radical (unpaired) electrons. The zero-order valence-electron chi connectivity index (χ0n) is 14.2. The number of nitrogens with one attached hydrogen (secondary N) is 1. The molecule has 2 aromatic rings. The lowest BCUT2D eigenvalue weighted by Crippen LogP contribution is -2.33. The molecule has 0 spiro atoms. The van der Waals surface area contributed by atoms with Crippen LogP contribution in [0.4, 0.5) is 0 Å². The highest BCUT2D eigenvalue weighted by Gasteiger charge is 1.95. The summed E-state index contributed by atoms with van der Waals surface area (Å²) < 4.78 is 5.63. The molecule has 4 heteroatoms. The zero-order valence-corrected chi connectivity index (χ0v) is 14.2. The third kappa shape index (κ3) is 7.79. The topological polar surface area (TPSA) is 59.6 Å². The van der Waals surface area contributed by atoms with Crippen LogP contribution >= 0.6 is 0 Å². The van der Waals surface area contributed by atoms with Gasteiger partial charge in [0.1, 0.15) is 0 Å². The molecule has 0 atom stereocenters. The molecule has 0 aliphatic carbocycles. The van der Waals surface area contributed by atoms with E-state index in [4.69, 9.17) is 10.5 Å². The van der Waals surface area contributed by atoms with Crippen LogP contribution in [0.3, 0.4) is 0 Å². The molecular weight excluding hydrogens is 298 g/mol. The lowest BCUT2D eigenvalue weighted by molar-refractivity contribution is 0.136. The summed E-state index contributed by atoms with van der Waals surface area (Å²) in [5.74, 6) is 0.509. The van der Waals surface area contributed by atoms with Gasteiger partial charge in [0.15, 0.2) is 5.96 Å². The first-order valence-corrected chi connectivity index (χ1v) is 8.54. The van der Waals surface area contributed by atoms with Gasteiger partial charge in [0.2, 0.25) is 0 Å². The number of ether oxygens (including phenoxy) is 1. The maximum absolute atomic E-state index is 5.85. The molecule has 0 aliphatic heterocycles. The lowest BCUT2D eigenvalue weighted by Gasteiger charge is -2.06. The Hall–Kier alpha value is -2.33. The fraction of sp³-hybridized carbons (Fsp3) is 0.350. The highest BCUT2D eigenvalue weighted by atomic mass is 16.5. The second-order valence-electron chi connectivity index (χ2n) is 5.63. The Balaban J connectivity index is 1.47. The van der Waals surface area contributed by atoms with Crippen molar-refractivity contribution in [2.75, 3.05) is 26.3 Å². The predicted octanol–water partition coefficient (Wildman–Crippen LogP) is 2.78. The van der Waals surface area contributed by atoms with Crippen molar-refractivity contribution in [2.45, 2.75) is 19.3 Å². The van der Waals surface area contributed by atoms with Gasteiger partial charge in [-0.1, -0.05) is 60.7 Å². The number of nitrogens with zero attached hydrogens (tertiary/aromatic N) is 1. The van der Waals surface area contributed by atoms with Crippen molar-refractivity contribution < 1.29 is 4.74 Å². The molecule has 0 unspecified atom stereocenters. The molecule has 0 amide bonds. The molecule has 128 valence electrons. The first-order chi connectivity index (χ1) is 11.8. The van der Waals surface area contributed by atoms with E-state index in [9.17, 15) is 0 Å². The van der Waals surface area contributed by atoms with Gasteiger partial charge in [-0.25, -0.2) is 0 Å². The van der Waals surface area contributed by atoms with Crippen molar-refractivity contribution >= 4 is 5.96 Å². The van der Waals surface area contributed by atoms with E-state index in [1.807, 2.05) is 24.3 Å². The van der Waals surface area contributed by atoms with Crippen LogP contribution in [-0.4, -0.2) is 32.3 Å². The van der Waals surface area contributed by atoms with Crippen LogP contribution in [0.1, 0.15) is 17.5 Å². The molecule has 24 heavy (non-hydrogen) atoms. The summed E-state index contributed by atoms with van der Waals surface area (Å²) in [6.07, 6.45) is 2.78. The molecule has 0 heterocycles. The number of hydrogen-bond donors (Lipinski definition) is 2. The maximum Gasteiger partial charge on any atom is 0.188 e. The summed E-state index contributed by atoms with van der Waals surface area (Å²) in [5.41, 5.74) is 8.46. The number of benzene rings is 2. The van der Waals surface area contributed by atoms with E-state index in [2.05, 4.69) is 46.7 Å². The van der Waals surface area contributed by atoms with Crippen molar-refractivity contribution in [3.63, 3.8) is 0 Å². The lowest BCUT2D eigenvalue weighted by atomic mass is 10.1. The van der Waals surface area contributed by atoms with Crippen molar-refractivity contribution in [3.05, 3.63) is 71.8 Å². The summed E-state index contributed by atoms with van der Waals surface area (Å²) >= 11 is 0. The van der Waals surface area contributed by atoms with E-state index in [-0.39, 0.29) is 0 Å². The van der Waals surface area contributed by atoms with E-state index < -0.39 is 0 Å². The van der Waals surface area contributed by atoms with Gasteiger partial charge in [0.25, 0.3) is 0 Å². The van der Waals surface area contributed by atoms with E-state index in [0.29, 0.717) is 19.1 Å². The number of nitrogens with two attached hydrogens (primary N) is 1. The van der Waals surface area contributed by atoms with Gasteiger partial charge in [-0.2, -0.15) is 0 Å². The zero-order chi connectivity index (χ0) is 16.9. The van der Waals surface area contributed by atoms with Crippen molar-refractivity contribution in [1.82, 2.24) is 5.32 Å². The minimum absolute atomic E-state index is 0.509. The molecule has 2 aromatic carbocycles. The highest BCUT2D eigenvalue weighted by molar-refractivity contribution is 5.77. The van der Waals surface area contributed by atoms with Gasteiger partial charge < -0.3 is 15.8 Å². The summed E-state index contributed by atoms with van der Waals surface area (Å²) in [4.78, 5) is 4.31. The van der Waals surface area contributed by atoms with Crippen LogP contribution < -0.4 is 11.1 Å². The van der Waals surface area contributed by atoms with Crippen LogP contribution in [0.15, 0.2) is 65.7 Å². The Morgan fingerprint density at radius 1 is 0.875 bits per heavy atom. The number of rotatable bonds is 10. The number of guanidine groups is 1. The monoisotopic (exact) mass is 325 g/mol. The quantitative estimate of drug-likeness (QED) is 0.401. The largest absolute Gasteiger partial charge is 0.381 e. The third-order valence-corrected chi connectivity index (χ3v) is 3.67. The first kappa shape index (κ1) is 18.0. The van der Waals surface area contributed by atoms with Crippen molar-refractivity contribution in [2.24, 2.45) is 10.7 Å². The van der Waals surface area contributed by atoms with Crippen LogP contribution in [0.5, 0.6) is 0 Å². The molecule has 0 saturated heterocycles. The second-order valence-corrected chi connectivity index (χ2v) is 5.63. The molecule has 4 nitrogen and oxygen atoms in total. The molecule has 3 N–H and O–H groups in total. The number of hydrogen-bond acceptors (Lipinski definition) is 2. The van der Waals surface area contributed by atoms with Crippen molar-refractivity contribution in [1.29, 1.82) is 0 Å². The molecule has 0 saturated carbocycles. The van der Waals surface area contributed by atoms with E-state index >= 15 is 0 Å². The predicted molar refractivity (Wildman–Crippen MR) is 100 cm³/mol. The summed E-state index contributed by atoms with van der Waals surface area (Å²) in [7, 11) is 0. The van der Waals surface area contributed by atoms with Gasteiger partial charge in [-0.3, -0.25) is 4.99 Å². The Kier molecular flexibility index (Phi) is 8.44. The molecule has 0 bridgehead atoms. The molecule has 0 aliphatic rings. The van der Waals surface area contributed by atoms with Crippen LogP contribution in [0.2, 0.25) is 0 Å². The first-order valence-electron chi connectivity index (χ1n) is 8.54. The molecular formula is C20H27N3O. The smallest absolute Gasteiger partial charge is 0.188 e. The van der Waals surface area contributed by atoms with E-state index in [0.717, 1.165) is 32.4 Å². The average Bonchev–Trinajstić information content (AvgIpc) is 2.63. The maximum atomic E-state index is 5.85. The fourth-order valence-corrected chi connectivity index (χ4v) is 2.34. The molecule has 2 rings (SSSR count). The van der Waals surface area contributed by atoms with Gasteiger partial charge >= 0.3 is 0 Å². The Labute approximate surface area is 144 Å². The average molecular weight is 325 g/mol. The standard InChI is InChI=1S/C20H27N3O/c21-20(23-15-12-18-8-3-1-4-9-18)22-14-7-16-24-17-13-19-10-5-2-6-11-19/h1-6,8-11H,7,12-17H2,(H3,21,22,23). The summed E-state index contributed by atoms with van der Waals surface area (Å²) in [6, 6.07) is 20.7. The van der Waals surface area contributed by atoms with Gasteiger partial charge in [-0.15, -0.1) is 0 Å². The third-order valence-electron chi connectivity index (χ3n) is 3.67. The Morgan fingerprint density at radius 2 is 1.50 bits per heavy atom. The minimum atomic E-state index is 0.509. The number of aliphatic imine (C=N–C) groups is 1. The summed E-state index contributed by atoms with van der Waals surface area (Å²) in [6.45, 7) is 2.95. The van der Waals surface area contributed by atoms with E-state index in [1.54, 1.807) is 0 Å². The second kappa shape index (κ2) is 11.2. The highest BCUT2D eigenvalue weighted by Crippen LogP contribution is 2.00. The van der Waals surface area contributed by atoms with Crippen LogP contribution in [0.25, 0.3) is 0 Å². The van der Waals surface area contributed by atoms with Crippen LogP contribution in [0, 0.1) is 0 Å².